The van der Waals surface area contributed by atoms with Crippen molar-refractivity contribution in [1.82, 2.24) is 0 Å². The van der Waals surface area contributed by atoms with Crippen LogP contribution in [0.5, 0.6) is 0 Å². The van der Waals surface area contributed by atoms with Crippen LogP contribution in [0, 0.1) is 11.8 Å². The van der Waals surface area contributed by atoms with Crippen LogP contribution >= 0.6 is 0 Å². The first-order valence-electron chi connectivity index (χ1n) is 10.8. The third kappa shape index (κ3) is 3.74. The van der Waals surface area contributed by atoms with Gasteiger partial charge in [-0.25, -0.2) is 14.4 Å². The third-order valence-electron chi connectivity index (χ3n) is 6.83. The lowest BCUT2D eigenvalue weighted by Gasteiger charge is -2.34. The van der Waals surface area contributed by atoms with E-state index in [1.165, 1.54) is 6.92 Å². The van der Waals surface area contributed by atoms with Crippen molar-refractivity contribution >= 4 is 23.7 Å². The van der Waals surface area contributed by atoms with E-state index in [1.54, 1.807) is 45.9 Å². The van der Waals surface area contributed by atoms with Gasteiger partial charge in [0.2, 0.25) is 5.60 Å². The molecule has 5 atom stereocenters. The fraction of sp³-hybridized carbons (Fsp3) is 0.520. The van der Waals surface area contributed by atoms with E-state index in [-0.39, 0.29) is 12.2 Å². The van der Waals surface area contributed by atoms with Crippen molar-refractivity contribution in [1.29, 1.82) is 0 Å². The Labute approximate surface area is 188 Å². The van der Waals surface area contributed by atoms with Crippen molar-refractivity contribution in [2.24, 2.45) is 11.8 Å². The predicted molar refractivity (Wildman–Crippen MR) is 116 cm³/mol. The Morgan fingerprint density at radius 1 is 1.09 bits per heavy atom. The molecule has 1 heterocycles. The van der Waals surface area contributed by atoms with Gasteiger partial charge < -0.3 is 14.2 Å². The summed E-state index contributed by atoms with van der Waals surface area (Å²) in [5, 5.41) is 0. The summed E-state index contributed by atoms with van der Waals surface area (Å²) in [6.07, 6.45) is 3.39. The summed E-state index contributed by atoms with van der Waals surface area (Å²) >= 11 is 0. The van der Waals surface area contributed by atoms with Crippen molar-refractivity contribution in [2.75, 3.05) is 0 Å². The molecule has 0 aromatic rings. The number of ketones is 1. The van der Waals surface area contributed by atoms with E-state index in [0.29, 0.717) is 16.7 Å². The van der Waals surface area contributed by atoms with Gasteiger partial charge in [0.05, 0.1) is 5.92 Å². The maximum absolute atomic E-state index is 13.1. The number of rotatable bonds is 4. The summed E-state index contributed by atoms with van der Waals surface area (Å²) in [6.45, 7) is 11.8. The Kier molecular flexibility index (Phi) is 6.31. The summed E-state index contributed by atoms with van der Waals surface area (Å²) in [5.41, 5.74) is 1.18. The number of fused-ring (bicyclic) bond motifs is 3. The van der Waals surface area contributed by atoms with Gasteiger partial charge >= 0.3 is 17.9 Å². The van der Waals surface area contributed by atoms with E-state index in [9.17, 15) is 19.2 Å². The summed E-state index contributed by atoms with van der Waals surface area (Å²) in [4.78, 5) is 51.1. The molecule has 32 heavy (non-hydrogen) atoms. The molecule has 0 aromatic heterocycles. The van der Waals surface area contributed by atoms with Gasteiger partial charge in [0.1, 0.15) is 12.2 Å². The lowest BCUT2D eigenvalue weighted by molar-refractivity contribution is -0.175. The minimum absolute atomic E-state index is 0.133. The molecule has 0 unspecified atom stereocenters. The lowest BCUT2D eigenvalue weighted by atomic mass is 9.77. The van der Waals surface area contributed by atoms with Gasteiger partial charge in [-0.15, -0.1) is 0 Å². The second-order valence-electron chi connectivity index (χ2n) is 8.91. The molecule has 1 aliphatic heterocycles. The van der Waals surface area contributed by atoms with E-state index >= 15 is 0 Å². The first kappa shape index (κ1) is 23.7. The Bertz CT molecular complexity index is 1010. The minimum atomic E-state index is -1.68. The Morgan fingerprint density at radius 3 is 2.28 bits per heavy atom. The van der Waals surface area contributed by atoms with Crippen LogP contribution in [-0.4, -0.2) is 41.5 Å². The van der Waals surface area contributed by atoms with Crippen molar-refractivity contribution in [3.8, 4) is 0 Å². The van der Waals surface area contributed by atoms with Crippen molar-refractivity contribution < 1.29 is 33.4 Å². The van der Waals surface area contributed by atoms with Gasteiger partial charge in [0.15, 0.2) is 5.78 Å². The molecule has 3 rings (SSSR count). The predicted octanol–water partition coefficient (Wildman–Crippen LogP) is 3.54. The van der Waals surface area contributed by atoms with Crippen LogP contribution in [0.15, 0.2) is 46.1 Å². The highest BCUT2D eigenvalue weighted by molar-refractivity contribution is 6.09. The number of allylic oxidation sites excluding steroid dienone is 3. The quantitative estimate of drug-likeness (QED) is 0.373. The Balaban J connectivity index is 2.12. The van der Waals surface area contributed by atoms with Crippen LogP contribution < -0.4 is 0 Å². The molecule has 7 heteroatoms. The fourth-order valence-electron chi connectivity index (χ4n) is 4.76. The average Bonchev–Trinajstić information content (AvgIpc) is 3.12. The van der Waals surface area contributed by atoms with Crippen LogP contribution in [0.25, 0.3) is 0 Å². The molecule has 3 aliphatic rings. The highest BCUT2D eigenvalue weighted by Gasteiger charge is 2.65. The molecule has 2 aliphatic carbocycles. The van der Waals surface area contributed by atoms with Crippen molar-refractivity contribution in [3.63, 3.8) is 0 Å². The van der Waals surface area contributed by atoms with Crippen LogP contribution in [0.1, 0.15) is 54.9 Å². The minimum Gasteiger partial charge on any atom is -0.458 e. The number of hydrogen-bond donors (Lipinski definition) is 0. The van der Waals surface area contributed by atoms with Crippen LogP contribution in [-0.2, 0) is 33.4 Å². The molecular weight excluding hydrogens is 412 g/mol. The van der Waals surface area contributed by atoms with Crippen molar-refractivity contribution in [2.45, 2.75) is 72.7 Å². The lowest BCUT2D eigenvalue weighted by Crippen LogP contribution is -2.50. The zero-order valence-electron chi connectivity index (χ0n) is 19.6. The number of carbonyl (C=O) groups excluding carboxylic acids is 4. The smallest absolute Gasteiger partial charge is 0.351 e. The molecule has 172 valence electrons. The molecule has 0 amide bonds. The number of ether oxygens (including phenoxy) is 3. The summed E-state index contributed by atoms with van der Waals surface area (Å²) in [7, 11) is 0. The highest BCUT2D eigenvalue weighted by Crippen LogP contribution is 2.51. The van der Waals surface area contributed by atoms with Gasteiger partial charge in [0, 0.05) is 29.1 Å². The van der Waals surface area contributed by atoms with Crippen LogP contribution in [0.2, 0.25) is 0 Å². The van der Waals surface area contributed by atoms with Gasteiger partial charge in [-0.05, 0) is 54.5 Å². The molecule has 0 aromatic carbocycles. The topological polar surface area (TPSA) is 96.0 Å². The molecule has 0 N–H and O–H groups in total. The monoisotopic (exact) mass is 442 g/mol. The Morgan fingerprint density at radius 2 is 1.69 bits per heavy atom. The zero-order chi connectivity index (χ0) is 24.0. The molecule has 0 saturated carbocycles. The van der Waals surface area contributed by atoms with E-state index < -0.39 is 47.6 Å². The highest BCUT2D eigenvalue weighted by atomic mass is 16.6. The van der Waals surface area contributed by atoms with Gasteiger partial charge in [-0.3, -0.25) is 4.79 Å². The standard InChI is InChI=1S/C25H30O7/c1-8-12(3)22(27)30-17-11-15(6)18-16(26)10-14(5)19(18)21-20(17)25(7,24(29)31-21)32-23(28)13(4)9-2/h8-10,17,19-21H,11H2,1-7H3/b12-8+,13-9+/t17-,19+,20+,21-,25-/m0/s1. The number of hydrogen-bond acceptors (Lipinski definition) is 7. The summed E-state index contributed by atoms with van der Waals surface area (Å²) in [6, 6.07) is 0. The maximum Gasteiger partial charge on any atom is 0.351 e. The number of carbonyl (C=O) groups is 4. The molecule has 0 radical (unpaired) electrons. The maximum atomic E-state index is 13.1. The molecule has 0 spiro atoms. The molecule has 0 bridgehead atoms. The SMILES string of the molecule is C/C=C(\C)C(=O)O[C@H]1CC(C)=C2C(=O)C=C(C)[C@H]2[C@@H]2OC(=O)[C@@](C)(OC(=O)/C(C)=C/C)[C@@H]21. The van der Waals surface area contributed by atoms with E-state index in [2.05, 4.69) is 0 Å². The molecule has 1 saturated heterocycles. The van der Waals surface area contributed by atoms with Crippen LogP contribution in [0.4, 0.5) is 0 Å². The summed E-state index contributed by atoms with van der Waals surface area (Å²) < 4.78 is 17.4. The fourth-order valence-corrected chi connectivity index (χ4v) is 4.76. The van der Waals surface area contributed by atoms with Gasteiger partial charge in [-0.2, -0.15) is 0 Å². The first-order chi connectivity index (χ1) is 15.0. The van der Waals surface area contributed by atoms with E-state index in [4.69, 9.17) is 14.2 Å². The second kappa shape index (κ2) is 8.52. The van der Waals surface area contributed by atoms with Gasteiger partial charge in [-0.1, -0.05) is 23.3 Å². The molecule has 7 nitrogen and oxygen atoms in total. The zero-order valence-corrected chi connectivity index (χ0v) is 19.6. The summed E-state index contributed by atoms with van der Waals surface area (Å²) in [5.74, 6) is -3.27. The van der Waals surface area contributed by atoms with Crippen molar-refractivity contribution in [3.05, 3.63) is 46.1 Å². The van der Waals surface area contributed by atoms with E-state index in [0.717, 1.165) is 11.1 Å². The van der Waals surface area contributed by atoms with Crippen LogP contribution in [0.3, 0.4) is 0 Å². The largest absolute Gasteiger partial charge is 0.458 e. The normalized spacial score (nSPS) is 32.7. The molecule has 1 fully saturated rings. The average molecular weight is 443 g/mol. The second-order valence-corrected chi connectivity index (χ2v) is 8.91. The molecular formula is C25H30O7. The third-order valence-corrected chi connectivity index (χ3v) is 6.83. The number of esters is 3. The van der Waals surface area contributed by atoms with E-state index in [1.807, 2.05) is 13.8 Å². The van der Waals surface area contributed by atoms with Gasteiger partial charge in [0.25, 0.3) is 0 Å². The Hall–Kier alpha value is -2.96. The first-order valence-corrected chi connectivity index (χ1v) is 10.8.